The highest BCUT2D eigenvalue weighted by Gasteiger charge is 2.18. The third-order valence-corrected chi connectivity index (χ3v) is 3.93. The zero-order chi connectivity index (χ0) is 17.0. The summed E-state index contributed by atoms with van der Waals surface area (Å²) in [6.45, 7) is 1.91. The van der Waals surface area contributed by atoms with E-state index in [2.05, 4.69) is 21.2 Å². The second-order valence-corrected chi connectivity index (χ2v) is 5.81. The van der Waals surface area contributed by atoms with Gasteiger partial charge in [-0.2, -0.15) is 0 Å². The van der Waals surface area contributed by atoms with E-state index in [0.29, 0.717) is 21.7 Å². The maximum absolute atomic E-state index is 11.2. The van der Waals surface area contributed by atoms with Crippen LogP contribution >= 0.6 is 15.9 Å². The maximum atomic E-state index is 11.2. The molecule has 0 saturated heterocycles. The molecule has 1 unspecified atom stereocenters. The third kappa shape index (κ3) is 3.92. The number of hydrogen-bond donors (Lipinski definition) is 1. The lowest BCUT2D eigenvalue weighted by atomic mass is 10.1. The maximum Gasteiger partial charge on any atom is 0.293 e. The Labute approximate surface area is 142 Å². The smallest absolute Gasteiger partial charge is 0.293 e. The second kappa shape index (κ2) is 7.32. The van der Waals surface area contributed by atoms with Crippen molar-refractivity contribution in [2.45, 2.75) is 13.0 Å². The topological polar surface area (TPSA) is 73.6 Å². The number of nitrogens with zero attached hydrogens (tertiary/aromatic N) is 1. The predicted molar refractivity (Wildman–Crippen MR) is 92.4 cm³/mol. The number of hydrogen-bond acceptors (Lipinski definition) is 5. The van der Waals surface area contributed by atoms with Crippen molar-refractivity contribution >= 4 is 27.3 Å². The van der Waals surface area contributed by atoms with E-state index < -0.39 is 4.92 Å². The molecule has 0 radical (unpaired) electrons. The average molecular weight is 381 g/mol. The van der Waals surface area contributed by atoms with Crippen LogP contribution in [0.2, 0.25) is 0 Å². The molecule has 7 heteroatoms. The Morgan fingerprint density at radius 2 is 1.91 bits per heavy atom. The fourth-order valence-corrected chi connectivity index (χ4v) is 2.61. The van der Waals surface area contributed by atoms with Crippen LogP contribution in [0.3, 0.4) is 0 Å². The minimum Gasteiger partial charge on any atom is -0.497 e. The molecule has 2 aromatic rings. The number of ether oxygens (including phenoxy) is 2. The molecule has 0 aliphatic heterocycles. The first-order valence-corrected chi connectivity index (χ1v) is 7.68. The van der Waals surface area contributed by atoms with Gasteiger partial charge in [0.25, 0.3) is 5.69 Å². The van der Waals surface area contributed by atoms with Crippen molar-refractivity contribution in [3.05, 3.63) is 56.5 Å². The molecule has 0 amide bonds. The molecule has 0 aliphatic rings. The Morgan fingerprint density at radius 1 is 1.17 bits per heavy atom. The molecule has 0 heterocycles. The first kappa shape index (κ1) is 17.1. The molecule has 2 rings (SSSR count). The Balaban J connectivity index is 2.33. The van der Waals surface area contributed by atoms with Gasteiger partial charge in [-0.15, -0.1) is 0 Å². The molecular formula is C16H17BrN2O4. The summed E-state index contributed by atoms with van der Waals surface area (Å²) in [4.78, 5) is 10.8. The van der Waals surface area contributed by atoms with E-state index in [4.69, 9.17) is 9.47 Å². The van der Waals surface area contributed by atoms with Crippen LogP contribution in [0.25, 0.3) is 0 Å². The van der Waals surface area contributed by atoms with Gasteiger partial charge >= 0.3 is 0 Å². The summed E-state index contributed by atoms with van der Waals surface area (Å²) in [5, 5.41) is 14.4. The number of nitro groups is 1. The van der Waals surface area contributed by atoms with Gasteiger partial charge in [-0.1, -0.05) is 15.9 Å². The van der Waals surface area contributed by atoms with Gasteiger partial charge in [0.2, 0.25) is 0 Å². The zero-order valence-corrected chi connectivity index (χ0v) is 14.6. The number of benzene rings is 2. The van der Waals surface area contributed by atoms with Crippen LogP contribution in [0.5, 0.6) is 11.5 Å². The number of nitrogens with one attached hydrogen (secondary N) is 1. The molecular weight excluding hydrogens is 364 g/mol. The van der Waals surface area contributed by atoms with E-state index >= 15 is 0 Å². The lowest BCUT2D eigenvalue weighted by Gasteiger charge is -2.19. The number of nitro benzene ring substituents is 1. The van der Waals surface area contributed by atoms with Gasteiger partial charge in [0, 0.05) is 22.2 Å². The quantitative estimate of drug-likeness (QED) is 0.587. The van der Waals surface area contributed by atoms with Crippen molar-refractivity contribution in [1.82, 2.24) is 0 Å². The standard InChI is InChI=1S/C16H17BrN2O4/c1-10(13-6-5-12(22-2)9-16(13)23-3)18-14-7-4-11(17)8-15(14)19(20)21/h4-10,18H,1-3H3. The minimum atomic E-state index is -0.412. The first-order valence-electron chi connectivity index (χ1n) is 6.88. The number of halogens is 1. The SMILES string of the molecule is COc1ccc(C(C)Nc2ccc(Br)cc2[N+](=O)[O-])c(OC)c1. The van der Waals surface area contributed by atoms with Crippen LogP contribution in [0.15, 0.2) is 40.9 Å². The number of rotatable bonds is 6. The van der Waals surface area contributed by atoms with E-state index in [1.165, 1.54) is 6.07 Å². The molecule has 0 aromatic heterocycles. The van der Waals surface area contributed by atoms with Crippen molar-refractivity contribution in [1.29, 1.82) is 0 Å². The van der Waals surface area contributed by atoms with Gasteiger partial charge < -0.3 is 14.8 Å². The fraction of sp³-hybridized carbons (Fsp3) is 0.250. The fourth-order valence-electron chi connectivity index (χ4n) is 2.27. The lowest BCUT2D eigenvalue weighted by molar-refractivity contribution is -0.384. The van der Waals surface area contributed by atoms with E-state index in [1.54, 1.807) is 32.4 Å². The average Bonchev–Trinajstić information content (AvgIpc) is 2.55. The molecule has 23 heavy (non-hydrogen) atoms. The Hall–Kier alpha value is -2.28. The van der Waals surface area contributed by atoms with Crippen molar-refractivity contribution in [2.24, 2.45) is 0 Å². The summed E-state index contributed by atoms with van der Waals surface area (Å²) >= 11 is 3.25. The summed E-state index contributed by atoms with van der Waals surface area (Å²) in [6.07, 6.45) is 0. The van der Waals surface area contributed by atoms with Crippen molar-refractivity contribution in [2.75, 3.05) is 19.5 Å². The lowest BCUT2D eigenvalue weighted by Crippen LogP contribution is -2.10. The van der Waals surface area contributed by atoms with Gasteiger partial charge in [-0.25, -0.2) is 0 Å². The van der Waals surface area contributed by atoms with E-state index in [9.17, 15) is 10.1 Å². The van der Waals surface area contributed by atoms with Crippen LogP contribution < -0.4 is 14.8 Å². The number of methoxy groups -OCH3 is 2. The zero-order valence-electron chi connectivity index (χ0n) is 13.0. The van der Waals surface area contributed by atoms with Gasteiger partial charge in [-0.05, 0) is 31.2 Å². The third-order valence-electron chi connectivity index (χ3n) is 3.44. The molecule has 0 saturated carbocycles. The molecule has 0 fully saturated rings. The minimum absolute atomic E-state index is 0.0127. The van der Waals surface area contributed by atoms with Gasteiger partial charge in [0.05, 0.1) is 25.2 Å². The van der Waals surface area contributed by atoms with E-state index in [1.807, 2.05) is 19.1 Å². The second-order valence-electron chi connectivity index (χ2n) is 4.89. The number of anilines is 1. The van der Waals surface area contributed by atoms with Crippen LogP contribution in [-0.2, 0) is 0 Å². The molecule has 0 spiro atoms. The molecule has 1 atom stereocenters. The molecule has 0 aliphatic carbocycles. The van der Waals surface area contributed by atoms with Crippen LogP contribution in [0.4, 0.5) is 11.4 Å². The molecule has 6 nitrogen and oxygen atoms in total. The Kier molecular flexibility index (Phi) is 5.44. The van der Waals surface area contributed by atoms with Crippen LogP contribution in [-0.4, -0.2) is 19.1 Å². The summed E-state index contributed by atoms with van der Waals surface area (Å²) in [5.41, 5.74) is 1.34. The predicted octanol–water partition coefficient (Wildman–Crippen LogP) is 4.55. The van der Waals surface area contributed by atoms with Crippen LogP contribution in [0, 0.1) is 10.1 Å². The summed E-state index contributed by atoms with van der Waals surface area (Å²) < 4.78 is 11.2. The highest BCUT2D eigenvalue weighted by Crippen LogP contribution is 2.34. The van der Waals surface area contributed by atoms with Crippen LogP contribution in [0.1, 0.15) is 18.5 Å². The normalized spacial score (nSPS) is 11.7. The summed E-state index contributed by atoms with van der Waals surface area (Å²) in [5.74, 6) is 1.34. The Morgan fingerprint density at radius 3 is 2.52 bits per heavy atom. The first-order chi connectivity index (χ1) is 11.0. The Bertz CT molecular complexity index is 721. The molecule has 1 N–H and O–H groups in total. The van der Waals surface area contributed by atoms with E-state index in [-0.39, 0.29) is 11.7 Å². The van der Waals surface area contributed by atoms with Gasteiger partial charge in [0.15, 0.2) is 0 Å². The summed E-state index contributed by atoms with van der Waals surface area (Å²) in [6, 6.07) is 10.2. The molecule has 2 aromatic carbocycles. The van der Waals surface area contributed by atoms with Crippen molar-refractivity contribution in [3.63, 3.8) is 0 Å². The largest absolute Gasteiger partial charge is 0.497 e. The van der Waals surface area contributed by atoms with E-state index in [0.717, 1.165) is 5.56 Å². The summed E-state index contributed by atoms with van der Waals surface area (Å²) in [7, 11) is 3.16. The van der Waals surface area contributed by atoms with Crippen molar-refractivity contribution in [3.8, 4) is 11.5 Å². The van der Waals surface area contributed by atoms with Gasteiger partial charge in [0.1, 0.15) is 17.2 Å². The highest BCUT2D eigenvalue weighted by atomic mass is 79.9. The van der Waals surface area contributed by atoms with Gasteiger partial charge in [-0.3, -0.25) is 10.1 Å². The molecule has 122 valence electrons. The monoisotopic (exact) mass is 380 g/mol. The highest BCUT2D eigenvalue weighted by molar-refractivity contribution is 9.10. The van der Waals surface area contributed by atoms with Crippen molar-refractivity contribution < 1.29 is 14.4 Å². The molecule has 0 bridgehead atoms.